The summed E-state index contributed by atoms with van der Waals surface area (Å²) in [7, 11) is 0. The molecule has 0 N–H and O–H groups in total. The van der Waals surface area contributed by atoms with E-state index in [2.05, 4.69) is 27.2 Å². The second-order valence-electron chi connectivity index (χ2n) is 7.90. The van der Waals surface area contributed by atoms with E-state index in [1.165, 1.54) is 10.6 Å². The number of hydroxylamine groups is 1. The number of ether oxygens (including phenoxy) is 1. The lowest BCUT2D eigenvalue weighted by Gasteiger charge is -2.31. The zero-order valence-electron chi connectivity index (χ0n) is 18.6. The second kappa shape index (κ2) is 10.5. The van der Waals surface area contributed by atoms with Crippen molar-refractivity contribution in [2.45, 2.75) is 45.6 Å². The van der Waals surface area contributed by atoms with Crippen LogP contribution >= 0.6 is 11.3 Å². The molecular weight excluding hydrogens is 422 g/mol. The SMILES string of the molecule is CCc1cnc(N2CCC(c3nc(COc4ccc(/C=[N+](\[O-])CC)cc4)cs3)CC2)nc1. The highest BCUT2D eigenvalue weighted by molar-refractivity contribution is 7.09. The van der Waals surface area contributed by atoms with Gasteiger partial charge in [-0.3, -0.25) is 0 Å². The zero-order chi connectivity index (χ0) is 22.3. The van der Waals surface area contributed by atoms with Crippen molar-refractivity contribution in [3.8, 4) is 5.75 Å². The predicted molar refractivity (Wildman–Crippen MR) is 128 cm³/mol. The minimum Gasteiger partial charge on any atom is -0.624 e. The minimum atomic E-state index is 0.434. The predicted octanol–water partition coefficient (Wildman–Crippen LogP) is 4.41. The fourth-order valence-electron chi connectivity index (χ4n) is 3.66. The highest BCUT2D eigenvalue weighted by atomic mass is 32.1. The Balaban J connectivity index is 1.28. The van der Waals surface area contributed by atoms with Gasteiger partial charge in [0.25, 0.3) is 0 Å². The van der Waals surface area contributed by atoms with Crippen LogP contribution in [0.5, 0.6) is 5.75 Å². The molecule has 3 aromatic rings. The third-order valence-corrected chi connectivity index (χ3v) is 6.72. The van der Waals surface area contributed by atoms with Gasteiger partial charge >= 0.3 is 0 Å². The molecule has 0 bridgehead atoms. The number of piperidine rings is 1. The number of thiazole rings is 1. The Morgan fingerprint density at radius 2 is 1.88 bits per heavy atom. The Morgan fingerprint density at radius 3 is 2.53 bits per heavy atom. The quantitative estimate of drug-likeness (QED) is 0.219. The van der Waals surface area contributed by atoms with Gasteiger partial charge in [-0.2, -0.15) is 0 Å². The summed E-state index contributed by atoms with van der Waals surface area (Å²) in [5.74, 6) is 2.08. The Labute approximate surface area is 193 Å². The molecule has 1 aromatic carbocycles. The van der Waals surface area contributed by atoms with Crippen molar-refractivity contribution < 1.29 is 9.48 Å². The molecule has 1 aliphatic heterocycles. The first-order valence-electron chi connectivity index (χ1n) is 11.2. The lowest BCUT2D eigenvalue weighted by atomic mass is 9.98. The molecule has 4 rings (SSSR count). The molecule has 0 unspecified atom stereocenters. The average Bonchev–Trinajstić information content (AvgIpc) is 3.33. The number of aryl methyl sites for hydroxylation is 1. The molecule has 0 radical (unpaired) electrons. The summed E-state index contributed by atoms with van der Waals surface area (Å²) in [4.78, 5) is 16.1. The molecule has 7 nitrogen and oxygen atoms in total. The van der Waals surface area contributed by atoms with Gasteiger partial charge in [0, 0.05) is 42.3 Å². The number of aromatic nitrogens is 3. The highest BCUT2D eigenvalue weighted by Crippen LogP contribution is 2.31. The van der Waals surface area contributed by atoms with Crippen LogP contribution < -0.4 is 9.64 Å². The molecular formula is C24H29N5O2S. The maximum Gasteiger partial charge on any atom is 0.225 e. The van der Waals surface area contributed by atoms with Crippen LogP contribution in [0.2, 0.25) is 0 Å². The molecule has 0 spiro atoms. The van der Waals surface area contributed by atoms with Gasteiger partial charge in [-0.15, -0.1) is 11.3 Å². The van der Waals surface area contributed by atoms with Gasteiger partial charge in [-0.1, -0.05) is 6.92 Å². The molecule has 0 saturated carbocycles. The van der Waals surface area contributed by atoms with E-state index < -0.39 is 0 Å². The largest absolute Gasteiger partial charge is 0.624 e. The topological polar surface area (TPSA) is 77.2 Å². The first kappa shape index (κ1) is 22.2. The fourth-order valence-corrected chi connectivity index (χ4v) is 4.64. The third kappa shape index (κ3) is 5.62. The van der Waals surface area contributed by atoms with Gasteiger partial charge in [0.15, 0.2) is 12.8 Å². The van der Waals surface area contributed by atoms with Crippen LogP contribution in [0.3, 0.4) is 0 Å². The third-order valence-electron chi connectivity index (χ3n) is 5.67. The van der Waals surface area contributed by atoms with Crippen molar-refractivity contribution in [1.82, 2.24) is 15.0 Å². The molecule has 1 saturated heterocycles. The van der Waals surface area contributed by atoms with Gasteiger partial charge in [-0.25, -0.2) is 19.7 Å². The van der Waals surface area contributed by atoms with Crippen molar-refractivity contribution in [3.63, 3.8) is 0 Å². The van der Waals surface area contributed by atoms with Crippen molar-refractivity contribution in [2.24, 2.45) is 0 Å². The molecule has 32 heavy (non-hydrogen) atoms. The van der Waals surface area contributed by atoms with Gasteiger partial charge in [0.2, 0.25) is 5.95 Å². The fraction of sp³-hybridized carbons (Fsp3) is 0.417. The van der Waals surface area contributed by atoms with Crippen molar-refractivity contribution in [3.05, 3.63) is 69.1 Å². The molecule has 8 heteroatoms. The van der Waals surface area contributed by atoms with Crippen LogP contribution in [-0.4, -0.2) is 45.5 Å². The van der Waals surface area contributed by atoms with Crippen molar-refractivity contribution in [1.29, 1.82) is 0 Å². The van der Waals surface area contributed by atoms with Gasteiger partial charge in [0.1, 0.15) is 12.4 Å². The summed E-state index contributed by atoms with van der Waals surface area (Å²) < 4.78 is 6.80. The molecule has 2 aromatic heterocycles. The van der Waals surface area contributed by atoms with E-state index >= 15 is 0 Å². The average molecular weight is 452 g/mol. The standard InChI is InChI=1S/C24H29N5O2S/c1-3-18-13-25-24(26-14-18)28-11-9-20(10-12-28)23-27-21(17-32-23)16-31-22-7-5-19(6-8-22)15-29(30)4-2/h5-8,13-15,17,20H,3-4,9-12,16H2,1-2H3/b29-15-. The Bertz CT molecular complexity index is 1030. The lowest BCUT2D eigenvalue weighted by molar-refractivity contribution is -0.447. The summed E-state index contributed by atoms with van der Waals surface area (Å²) in [6.45, 7) is 6.71. The Kier molecular flexibility index (Phi) is 7.32. The first-order chi connectivity index (χ1) is 15.6. The van der Waals surface area contributed by atoms with Crippen LogP contribution in [0.25, 0.3) is 0 Å². The maximum atomic E-state index is 11.4. The Hall–Kier alpha value is -3.00. The number of hydrogen-bond acceptors (Lipinski definition) is 7. The normalized spacial score (nSPS) is 15.2. The zero-order valence-corrected chi connectivity index (χ0v) is 19.4. The lowest BCUT2D eigenvalue weighted by Crippen LogP contribution is -2.34. The van der Waals surface area contributed by atoms with E-state index in [9.17, 15) is 5.21 Å². The van der Waals surface area contributed by atoms with E-state index in [-0.39, 0.29) is 0 Å². The number of anilines is 1. The van der Waals surface area contributed by atoms with Crippen molar-refractivity contribution in [2.75, 3.05) is 24.5 Å². The molecule has 168 valence electrons. The first-order valence-corrected chi connectivity index (χ1v) is 12.0. The van der Waals surface area contributed by atoms with Crippen LogP contribution in [0.1, 0.15) is 54.4 Å². The van der Waals surface area contributed by atoms with E-state index in [0.29, 0.717) is 19.1 Å². The van der Waals surface area contributed by atoms with Gasteiger partial charge in [0.05, 0.1) is 10.7 Å². The minimum absolute atomic E-state index is 0.434. The van der Waals surface area contributed by atoms with E-state index in [4.69, 9.17) is 9.72 Å². The molecule has 0 aliphatic carbocycles. The molecule has 0 atom stereocenters. The summed E-state index contributed by atoms with van der Waals surface area (Å²) in [6, 6.07) is 7.53. The van der Waals surface area contributed by atoms with E-state index in [1.807, 2.05) is 43.6 Å². The molecule has 3 heterocycles. The number of rotatable bonds is 8. The second-order valence-corrected chi connectivity index (χ2v) is 8.79. The smallest absolute Gasteiger partial charge is 0.225 e. The number of hydrogen-bond donors (Lipinski definition) is 0. The van der Waals surface area contributed by atoms with Gasteiger partial charge < -0.3 is 14.8 Å². The van der Waals surface area contributed by atoms with E-state index in [0.717, 1.165) is 60.0 Å². The maximum absolute atomic E-state index is 11.4. The van der Waals surface area contributed by atoms with Crippen LogP contribution in [0.4, 0.5) is 5.95 Å². The van der Waals surface area contributed by atoms with E-state index in [1.54, 1.807) is 17.6 Å². The number of benzene rings is 1. The van der Waals surface area contributed by atoms with Crippen molar-refractivity contribution >= 4 is 23.5 Å². The highest BCUT2D eigenvalue weighted by Gasteiger charge is 2.24. The summed E-state index contributed by atoms with van der Waals surface area (Å²) in [5, 5.41) is 14.7. The molecule has 1 aliphatic rings. The summed E-state index contributed by atoms with van der Waals surface area (Å²) in [5.41, 5.74) is 2.99. The summed E-state index contributed by atoms with van der Waals surface area (Å²) in [6.07, 6.45) is 8.50. The molecule has 0 amide bonds. The van der Waals surface area contributed by atoms with Crippen LogP contribution in [0.15, 0.2) is 42.0 Å². The van der Waals surface area contributed by atoms with Crippen LogP contribution in [-0.2, 0) is 13.0 Å². The monoisotopic (exact) mass is 451 g/mol. The van der Waals surface area contributed by atoms with Crippen LogP contribution in [0, 0.1) is 5.21 Å². The molecule has 1 fully saturated rings. The van der Waals surface area contributed by atoms with Gasteiger partial charge in [-0.05, 0) is 56.0 Å². The number of nitrogens with zero attached hydrogens (tertiary/aromatic N) is 5. The summed E-state index contributed by atoms with van der Waals surface area (Å²) >= 11 is 1.72. The Morgan fingerprint density at radius 1 is 1.16 bits per heavy atom.